The second-order valence-corrected chi connectivity index (χ2v) is 7.39. The standard InChI is InChI=1S/C13H18N2O2S/c1-10-3-4-11-6-14(7-12(11)5-10)13-8-15(9-13)18(2,16)17/h3-5,13H,6-9H2,1-2H3. The normalized spacial score (nSPS) is 21.9. The van der Waals surface area contributed by atoms with Crippen LogP contribution >= 0.6 is 0 Å². The van der Waals surface area contributed by atoms with E-state index >= 15 is 0 Å². The number of sulfonamides is 1. The summed E-state index contributed by atoms with van der Waals surface area (Å²) >= 11 is 0. The van der Waals surface area contributed by atoms with Gasteiger partial charge in [-0.1, -0.05) is 23.8 Å². The number of aryl methyl sites for hydroxylation is 1. The summed E-state index contributed by atoms with van der Waals surface area (Å²) in [6.45, 7) is 5.31. The van der Waals surface area contributed by atoms with Gasteiger partial charge in [-0.05, 0) is 18.1 Å². The van der Waals surface area contributed by atoms with Crippen LogP contribution in [0, 0.1) is 6.92 Å². The third-order valence-corrected chi connectivity index (χ3v) is 5.16. The lowest BCUT2D eigenvalue weighted by Gasteiger charge is -2.42. The molecule has 0 atom stereocenters. The van der Waals surface area contributed by atoms with Gasteiger partial charge >= 0.3 is 0 Å². The van der Waals surface area contributed by atoms with Crippen molar-refractivity contribution >= 4 is 10.0 Å². The second kappa shape index (κ2) is 4.05. The van der Waals surface area contributed by atoms with Gasteiger partial charge < -0.3 is 0 Å². The van der Waals surface area contributed by atoms with Crippen LogP contribution in [0.5, 0.6) is 0 Å². The first-order chi connectivity index (χ1) is 8.43. The van der Waals surface area contributed by atoms with E-state index in [1.807, 2.05) is 0 Å². The van der Waals surface area contributed by atoms with Gasteiger partial charge in [-0.25, -0.2) is 8.42 Å². The Kier molecular flexibility index (Phi) is 2.73. The first-order valence-electron chi connectivity index (χ1n) is 6.21. The first-order valence-corrected chi connectivity index (χ1v) is 8.06. The molecule has 0 spiro atoms. The van der Waals surface area contributed by atoms with Gasteiger partial charge in [-0.2, -0.15) is 4.31 Å². The zero-order valence-corrected chi connectivity index (χ0v) is 11.6. The summed E-state index contributed by atoms with van der Waals surface area (Å²) < 4.78 is 24.2. The SMILES string of the molecule is Cc1ccc2c(c1)CN(C1CN(S(C)(=O)=O)C1)C2. The van der Waals surface area contributed by atoms with Gasteiger partial charge in [0.15, 0.2) is 0 Å². The highest BCUT2D eigenvalue weighted by molar-refractivity contribution is 7.88. The monoisotopic (exact) mass is 266 g/mol. The highest BCUT2D eigenvalue weighted by Gasteiger charge is 2.38. The molecule has 2 aliphatic rings. The van der Waals surface area contributed by atoms with Crippen molar-refractivity contribution in [3.05, 3.63) is 34.9 Å². The summed E-state index contributed by atoms with van der Waals surface area (Å²) in [7, 11) is -3.00. The Bertz CT molecular complexity index is 577. The summed E-state index contributed by atoms with van der Waals surface area (Å²) in [5, 5.41) is 0. The Morgan fingerprint density at radius 2 is 1.83 bits per heavy atom. The predicted octanol–water partition coefficient (Wildman–Crippen LogP) is 0.954. The molecule has 0 radical (unpaired) electrons. The van der Waals surface area contributed by atoms with E-state index < -0.39 is 10.0 Å². The Balaban J connectivity index is 1.66. The van der Waals surface area contributed by atoms with Crippen molar-refractivity contribution in [3.63, 3.8) is 0 Å². The third kappa shape index (κ3) is 2.06. The van der Waals surface area contributed by atoms with Crippen LogP contribution in [0.3, 0.4) is 0 Å². The van der Waals surface area contributed by atoms with Gasteiger partial charge in [0.1, 0.15) is 0 Å². The Morgan fingerprint density at radius 1 is 1.17 bits per heavy atom. The van der Waals surface area contributed by atoms with Gasteiger partial charge in [-0.15, -0.1) is 0 Å². The van der Waals surface area contributed by atoms with Crippen molar-refractivity contribution in [1.82, 2.24) is 9.21 Å². The van der Waals surface area contributed by atoms with Crippen LogP contribution in [0.1, 0.15) is 16.7 Å². The zero-order chi connectivity index (χ0) is 12.9. The van der Waals surface area contributed by atoms with Crippen LogP contribution in [0.4, 0.5) is 0 Å². The van der Waals surface area contributed by atoms with E-state index in [1.54, 1.807) is 4.31 Å². The molecular weight excluding hydrogens is 248 g/mol. The summed E-state index contributed by atoms with van der Waals surface area (Å²) in [6.07, 6.45) is 1.28. The topological polar surface area (TPSA) is 40.6 Å². The highest BCUT2D eigenvalue weighted by atomic mass is 32.2. The first kappa shape index (κ1) is 12.1. The minimum absolute atomic E-state index is 0.382. The van der Waals surface area contributed by atoms with Crippen molar-refractivity contribution < 1.29 is 8.42 Å². The van der Waals surface area contributed by atoms with Crippen LogP contribution in [0.15, 0.2) is 18.2 Å². The number of hydrogen-bond donors (Lipinski definition) is 0. The molecule has 2 heterocycles. The van der Waals surface area contributed by atoms with Gasteiger partial charge in [0.05, 0.1) is 6.26 Å². The molecule has 1 aromatic rings. The molecule has 0 aromatic heterocycles. The molecule has 18 heavy (non-hydrogen) atoms. The fourth-order valence-corrected chi connectivity index (χ4v) is 3.61. The van der Waals surface area contributed by atoms with E-state index in [0.717, 1.165) is 13.1 Å². The molecule has 0 N–H and O–H groups in total. The van der Waals surface area contributed by atoms with Gasteiger partial charge in [-0.3, -0.25) is 4.90 Å². The lowest BCUT2D eigenvalue weighted by molar-refractivity contribution is 0.0865. The maximum absolute atomic E-state index is 11.3. The minimum Gasteiger partial charge on any atom is -0.289 e. The van der Waals surface area contributed by atoms with Crippen molar-refractivity contribution in [2.75, 3.05) is 19.3 Å². The second-order valence-electron chi connectivity index (χ2n) is 5.41. The molecule has 3 rings (SSSR count). The predicted molar refractivity (Wildman–Crippen MR) is 70.6 cm³/mol. The lowest BCUT2D eigenvalue weighted by atomic mass is 10.1. The molecule has 0 unspecified atom stereocenters. The van der Waals surface area contributed by atoms with Crippen LogP contribution in [0.25, 0.3) is 0 Å². The number of rotatable bonds is 2. The van der Waals surface area contributed by atoms with Gasteiger partial charge in [0.2, 0.25) is 10.0 Å². The smallest absolute Gasteiger partial charge is 0.211 e. The highest BCUT2D eigenvalue weighted by Crippen LogP contribution is 2.29. The molecule has 0 saturated carbocycles. The maximum Gasteiger partial charge on any atom is 0.211 e. The van der Waals surface area contributed by atoms with E-state index in [2.05, 4.69) is 30.0 Å². The van der Waals surface area contributed by atoms with Gasteiger partial charge in [0, 0.05) is 32.2 Å². The summed E-state index contributed by atoms with van der Waals surface area (Å²) in [6, 6.07) is 6.96. The number of benzene rings is 1. The molecule has 1 saturated heterocycles. The molecule has 2 aliphatic heterocycles. The summed E-state index contributed by atoms with van der Waals surface area (Å²) in [5.41, 5.74) is 4.08. The molecule has 5 heteroatoms. The molecule has 1 aromatic carbocycles. The van der Waals surface area contributed by atoms with E-state index in [0.29, 0.717) is 19.1 Å². The fraction of sp³-hybridized carbons (Fsp3) is 0.538. The van der Waals surface area contributed by atoms with E-state index in [9.17, 15) is 8.42 Å². The molecule has 98 valence electrons. The quantitative estimate of drug-likeness (QED) is 0.800. The molecule has 4 nitrogen and oxygen atoms in total. The van der Waals surface area contributed by atoms with E-state index in [-0.39, 0.29) is 0 Å². The average Bonchev–Trinajstić information content (AvgIpc) is 2.55. The van der Waals surface area contributed by atoms with E-state index in [4.69, 9.17) is 0 Å². The lowest BCUT2D eigenvalue weighted by Crippen LogP contribution is -2.59. The molecule has 0 bridgehead atoms. The number of fused-ring (bicyclic) bond motifs is 1. The van der Waals surface area contributed by atoms with Gasteiger partial charge in [0.25, 0.3) is 0 Å². The Hall–Kier alpha value is -0.910. The fourth-order valence-electron chi connectivity index (χ4n) is 2.73. The maximum atomic E-state index is 11.3. The molecule has 0 aliphatic carbocycles. The number of nitrogens with zero attached hydrogens (tertiary/aromatic N) is 2. The Morgan fingerprint density at radius 3 is 2.50 bits per heavy atom. The third-order valence-electron chi connectivity index (χ3n) is 3.92. The molecular formula is C13H18N2O2S. The van der Waals surface area contributed by atoms with Crippen molar-refractivity contribution in [1.29, 1.82) is 0 Å². The van der Waals surface area contributed by atoms with Crippen molar-refractivity contribution in [2.45, 2.75) is 26.1 Å². The summed E-state index contributed by atoms with van der Waals surface area (Å²) in [4.78, 5) is 2.38. The van der Waals surface area contributed by atoms with Crippen molar-refractivity contribution in [2.24, 2.45) is 0 Å². The average molecular weight is 266 g/mol. The zero-order valence-electron chi connectivity index (χ0n) is 10.8. The van der Waals surface area contributed by atoms with Crippen LogP contribution in [0.2, 0.25) is 0 Å². The van der Waals surface area contributed by atoms with Crippen LogP contribution < -0.4 is 0 Å². The largest absolute Gasteiger partial charge is 0.289 e. The summed E-state index contributed by atoms with van der Waals surface area (Å²) in [5.74, 6) is 0. The number of hydrogen-bond acceptors (Lipinski definition) is 3. The van der Waals surface area contributed by atoms with Crippen molar-refractivity contribution in [3.8, 4) is 0 Å². The Labute approximate surface area is 108 Å². The molecule has 1 fully saturated rings. The van der Waals surface area contributed by atoms with E-state index in [1.165, 1.54) is 22.9 Å². The minimum atomic E-state index is -3.00. The van der Waals surface area contributed by atoms with Crippen LogP contribution in [-0.4, -0.2) is 43.0 Å². The van der Waals surface area contributed by atoms with Crippen LogP contribution in [-0.2, 0) is 23.1 Å². The molecule has 0 amide bonds.